The molecule has 1 aliphatic heterocycles. The third kappa shape index (κ3) is 4.17. The van der Waals surface area contributed by atoms with Crippen molar-refractivity contribution in [2.24, 2.45) is 0 Å². The Labute approximate surface area is 214 Å². The third-order valence-corrected chi connectivity index (χ3v) is 6.58. The van der Waals surface area contributed by atoms with Gasteiger partial charge in [0.2, 0.25) is 0 Å². The molecule has 0 bridgehead atoms. The van der Waals surface area contributed by atoms with E-state index >= 15 is 0 Å². The van der Waals surface area contributed by atoms with Crippen molar-refractivity contribution in [2.45, 2.75) is 26.3 Å². The Bertz CT molecular complexity index is 1710. The number of ether oxygens (including phenoxy) is 2. The molecule has 1 aliphatic rings. The maximum absolute atomic E-state index is 13.4. The number of amides is 1. The lowest BCUT2D eigenvalue weighted by atomic mass is 10.0. The van der Waals surface area contributed by atoms with E-state index in [1.54, 1.807) is 18.2 Å². The fourth-order valence-electron chi connectivity index (χ4n) is 4.93. The van der Waals surface area contributed by atoms with Gasteiger partial charge in [-0.15, -0.1) is 13.2 Å². The van der Waals surface area contributed by atoms with Gasteiger partial charge in [0.15, 0.2) is 0 Å². The zero-order valence-corrected chi connectivity index (χ0v) is 20.3. The fraction of sp³-hybridized carbons (Fsp3) is 0.179. The predicted molar refractivity (Wildman–Crippen MR) is 135 cm³/mol. The van der Waals surface area contributed by atoms with Gasteiger partial charge >= 0.3 is 12.4 Å². The van der Waals surface area contributed by atoms with Crippen LogP contribution in [0.1, 0.15) is 23.0 Å². The van der Waals surface area contributed by atoms with Crippen LogP contribution in [0.4, 0.5) is 18.0 Å². The van der Waals surface area contributed by atoms with Crippen molar-refractivity contribution in [1.29, 1.82) is 0 Å². The van der Waals surface area contributed by atoms with Crippen molar-refractivity contribution in [3.8, 4) is 22.6 Å². The summed E-state index contributed by atoms with van der Waals surface area (Å²) in [5, 5.41) is 9.23. The molecule has 1 atom stereocenters. The number of carbonyl (C=O) groups excluding carboxylic acids is 1. The van der Waals surface area contributed by atoms with Crippen molar-refractivity contribution < 1.29 is 27.4 Å². The molecule has 0 aliphatic carbocycles. The Morgan fingerprint density at radius 3 is 2.53 bits per heavy atom. The van der Waals surface area contributed by atoms with Crippen LogP contribution in [0.25, 0.3) is 32.9 Å². The molecular formula is C28H21F3N4O3. The van der Waals surface area contributed by atoms with Crippen LogP contribution >= 0.6 is 0 Å². The number of nitrogens with zero attached hydrogens (tertiary/aromatic N) is 3. The molecule has 0 unspecified atom stereocenters. The molecule has 10 heteroatoms. The molecule has 0 saturated heterocycles. The first-order valence-electron chi connectivity index (χ1n) is 11.9. The van der Waals surface area contributed by atoms with Gasteiger partial charge in [-0.05, 0) is 49.2 Å². The largest absolute Gasteiger partial charge is 0.573 e. The third-order valence-electron chi connectivity index (χ3n) is 6.58. The Balaban J connectivity index is 1.27. The smallest absolute Gasteiger partial charge is 0.491 e. The number of nitrogens with one attached hydrogen (secondary N) is 1. The van der Waals surface area contributed by atoms with Crippen LogP contribution < -0.4 is 14.8 Å². The van der Waals surface area contributed by atoms with Crippen LogP contribution in [0.2, 0.25) is 0 Å². The van der Waals surface area contributed by atoms with Gasteiger partial charge in [0, 0.05) is 22.0 Å². The van der Waals surface area contributed by atoms with E-state index in [2.05, 4.69) is 20.1 Å². The lowest BCUT2D eigenvalue weighted by molar-refractivity contribution is -0.274. The molecule has 2 aromatic heterocycles. The molecule has 38 heavy (non-hydrogen) atoms. The average Bonchev–Trinajstić information content (AvgIpc) is 3.44. The standard InChI is InChI=1S/C28H21F3N4O3/c1-15-25-16(2)34-35(26(25)21-5-3-4-6-22(21)32-15)27(36)33-23-14-37-24-13-18(9-12-20(23)24)17-7-10-19(11-8-17)38-28(29,30)31/h3-13,23H,14H2,1-2H3,(H,33,36)/t23-/m1/s1. The van der Waals surface area contributed by atoms with E-state index in [0.717, 1.165) is 33.1 Å². The topological polar surface area (TPSA) is 78.3 Å². The number of para-hydroxylation sites is 1. The Hall–Kier alpha value is -4.60. The van der Waals surface area contributed by atoms with E-state index in [1.807, 2.05) is 50.2 Å². The molecule has 5 aromatic rings. The van der Waals surface area contributed by atoms with E-state index < -0.39 is 12.4 Å². The Morgan fingerprint density at radius 2 is 1.76 bits per heavy atom. The molecular weight excluding hydrogens is 497 g/mol. The molecule has 192 valence electrons. The van der Waals surface area contributed by atoms with Gasteiger partial charge in [-0.3, -0.25) is 4.98 Å². The van der Waals surface area contributed by atoms with Crippen LogP contribution in [-0.2, 0) is 0 Å². The summed E-state index contributed by atoms with van der Waals surface area (Å²) >= 11 is 0. The van der Waals surface area contributed by atoms with Crippen LogP contribution in [0, 0.1) is 13.8 Å². The molecule has 0 radical (unpaired) electrons. The second-order valence-electron chi connectivity index (χ2n) is 9.07. The fourth-order valence-corrected chi connectivity index (χ4v) is 4.93. The second-order valence-corrected chi connectivity index (χ2v) is 9.07. The van der Waals surface area contributed by atoms with Crippen molar-refractivity contribution in [3.05, 3.63) is 83.7 Å². The quantitative estimate of drug-likeness (QED) is 0.297. The second kappa shape index (κ2) is 8.76. The molecule has 7 nitrogen and oxygen atoms in total. The number of hydrogen-bond acceptors (Lipinski definition) is 5. The molecule has 6 rings (SSSR count). The Morgan fingerprint density at radius 1 is 1.03 bits per heavy atom. The van der Waals surface area contributed by atoms with Gasteiger partial charge in [-0.2, -0.15) is 9.78 Å². The van der Waals surface area contributed by atoms with Gasteiger partial charge in [0.25, 0.3) is 0 Å². The maximum atomic E-state index is 13.4. The van der Waals surface area contributed by atoms with E-state index in [4.69, 9.17) is 4.74 Å². The van der Waals surface area contributed by atoms with E-state index in [9.17, 15) is 18.0 Å². The monoisotopic (exact) mass is 518 g/mol. The average molecular weight is 518 g/mol. The molecule has 3 heterocycles. The molecule has 1 N–H and O–H groups in total. The summed E-state index contributed by atoms with van der Waals surface area (Å²) in [5.41, 5.74) is 5.27. The molecule has 1 amide bonds. The first kappa shape index (κ1) is 23.8. The first-order chi connectivity index (χ1) is 18.2. The normalized spacial score (nSPS) is 14.9. The van der Waals surface area contributed by atoms with Gasteiger partial charge in [-0.1, -0.05) is 42.5 Å². The Kier molecular flexibility index (Phi) is 5.48. The highest BCUT2D eigenvalue weighted by Crippen LogP contribution is 2.37. The number of carbonyl (C=O) groups is 1. The number of pyridine rings is 1. The maximum Gasteiger partial charge on any atom is 0.573 e. The number of aryl methyl sites for hydroxylation is 2. The summed E-state index contributed by atoms with van der Waals surface area (Å²) in [6, 6.07) is 17.9. The highest BCUT2D eigenvalue weighted by Gasteiger charge is 2.31. The molecule has 0 fully saturated rings. The summed E-state index contributed by atoms with van der Waals surface area (Å²) in [6.07, 6.45) is -4.74. The lowest BCUT2D eigenvalue weighted by Crippen LogP contribution is -2.33. The van der Waals surface area contributed by atoms with Gasteiger partial charge in [0.05, 0.1) is 22.8 Å². The van der Waals surface area contributed by atoms with E-state index in [0.29, 0.717) is 22.5 Å². The summed E-state index contributed by atoms with van der Waals surface area (Å²) in [5.74, 6) is 0.303. The minimum absolute atomic E-state index is 0.238. The zero-order chi connectivity index (χ0) is 26.6. The zero-order valence-electron chi connectivity index (χ0n) is 20.3. The molecule has 0 spiro atoms. The highest BCUT2D eigenvalue weighted by molar-refractivity contribution is 6.08. The van der Waals surface area contributed by atoms with Crippen molar-refractivity contribution in [1.82, 2.24) is 20.1 Å². The number of alkyl halides is 3. The van der Waals surface area contributed by atoms with Crippen molar-refractivity contribution in [2.75, 3.05) is 6.61 Å². The minimum Gasteiger partial charge on any atom is -0.491 e. The van der Waals surface area contributed by atoms with E-state index in [1.165, 1.54) is 16.8 Å². The summed E-state index contributed by atoms with van der Waals surface area (Å²) in [7, 11) is 0. The SMILES string of the molecule is Cc1nc2ccccc2c2c1c(C)nn2C(=O)N[C@@H]1COc2cc(-c3ccc(OC(F)(F)F)cc3)ccc21. The van der Waals surface area contributed by atoms with Gasteiger partial charge < -0.3 is 14.8 Å². The molecule has 3 aromatic carbocycles. The minimum atomic E-state index is -4.74. The molecule has 0 saturated carbocycles. The first-order valence-corrected chi connectivity index (χ1v) is 11.9. The summed E-state index contributed by atoms with van der Waals surface area (Å²) in [4.78, 5) is 18.1. The summed E-state index contributed by atoms with van der Waals surface area (Å²) in [6.45, 7) is 4.00. The number of aromatic nitrogens is 3. The predicted octanol–water partition coefficient (Wildman–Crippen LogP) is 6.46. The number of fused-ring (bicyclic) bond motifs is 4. The number of benzene rings is 3. The van der Waals surface area contributed by atoms with E-state index in [-0.39, 0.29) is 18.4 Å². The van der Waals surface area contributed by atoms with Crippen LogP contribution in [-0.4, -0.2) is 33.8 Å². The number of hydrogen-bond donors (Lipinski definition) is 1. The number of rotatable bonds is 3. The van der Waals surface area contributed by atoms with Crippen LogP contribution in [0.5, 0.6) is 11.5 Å². The van der Waals surface area contributed by atoms with Crippen molar-refractivity contribution >= 4 is 27.8 Å². The van der Waals surface area contributed by atoms with Gasteiger partial charge in [-0.25, -0.2) is 4.79 Å². The van der Waals surface area contributed by atoms with Crippen LogP contribution in [0.15, 0.2) is 66.7 Å². The summed E-state index contributed by atoms with van der Waals surface area (Å²) < 4.78 is 48.5. The van der Waals surface area contributed by atoms with Gasteiger partial charge in [0.1, 0.15) is 18.1 Å². The van der Waals surface area contributed by atoms with Crippen molar-refractivity contribution in [3.63, 3.8) is 0 Å². The van der Waals surface area contributed by atoms with Crippen LogP contribution in [0.3, 0.4) is 0 Å². The number of halogens is 3. The lowest BCUT2D eigenvalue weighted by Gasteiger charge is -2.13. The highest BCUT2D eigenvalue weighted by atomic mass is 19.4.